The molecule has 1 aromatic heterocycles. The van der Waals surface area contributed by atoms with Crippen molar-refractivity contribution in [3.63, 3.8) is 0 Å². The summed E-state index contributed by atoms with van der Waals surface area (Å²) in [6.45, 7) is 1.92. The summed E-state index contributed by atoms with van der Waals surface area (Å²) in [6.07, 6.45) is 2.43. The minimum Gasteiger partial charge on any atom is -0.333 e. The smallest absolute Gasteiger partial charge is 0.252 e. The molecule has 4 nitrogen and oxygen atoms in total. The van der Waals surface area contributed by atoms with Crippen molar-refractivity contribution in [2.24, 2.45) is 0 Å². The van der Waals surface area contributed by atoms with E-state index in [1.54, 1.807) is 24.0 Å². The van der Waals surface area contributed by atoms with Gasteiger partial charge in [0.15, 0.2) is 0 Å². The zero-order chi connectivity index (χ0) is 16.3. The highest BCUT2D eigenvalue weighted by molar-refractivity contribution is 7.99. The highest BCUT2D eigenvalue weighted by atomic mass is 32.2. The molecule has 23 heavy (non-hydrogen) atoms. The number of hydrogen-bond acceptors (Lipinski definition) is 4. The third-order valence-electron chi connectivity index (χ3n) is 4.11. The van der Waals surface area contributed by atoms with Crippen molar-refractivity contribution in [3.8, 4) is 17.3 Å². The Hall–Kier alpha value is -2.32. The number of aromatic nitrogens is 1. The molecule has 1 N–H and O–H groups in total. The molecular formula is C18H17N3OS. The number of nitrogens with one attached hydrogen (secondary N) is 1. The first-order chi connectivity index (χ1) is 11.2. The molecule has 5 heteroatoms. The molecule has 2 heterocycles. The molecule has 2 aromatic rings. The van der Waals surface area contributed by atoms with Gasteiger partial charge in [-0.25, -0.2) is 0 Å². The van der Waals surface area contributed by atoms with Gasteiger partial charge in [0.1, 0.15) is 5.54 Å². The van der Waals surface area contributed by atoms with Crippen molar-refractivity contribution in [1.29, 1.82) is 5.26 Å². The lowest BCUT2D eigenvalue weighted by Crippen LogP contribution is -2.47. The molecule has 1 fully saturated rings. The summed E-state index contributed by atoms with van der Waals surface area (Å²) in [5.74, 6) is 1.36. The van der Waals surface area contributed by atoms with Gasteiger partial charge < -0.3 is 5.32 Å². The average molecular weight is 323 g/mol. The average Bonchev–Trinajstić information content (AvgIpc) is 3.05. The zero-order valence-electron chi connectivity index (χ0n) is 12.9. The number of carbonyl (C=O) groups excluding carboxylic acids is 1. The number of nitrogens with zero attached hydrogens (tertiary/aromatic N) is 2. The van der Waals surface area contributed by atoms with Gasteiger partial charge in [-0.2, -0.15) is 17.0 Å². The molecule has 0 radical (unpaired) electrons. The van der Waals surface area contributed by atoms with Gasteiger partial charge >= 0.3 is 0 Å². The predicted octanol–water partition coefficient (Wildman–Crippen LogP) is 3.19. The molecule has 1 aliphatic rings. The van der Waals surface area contributed by atoms with Gasteiger partial charge in [0.25, 0.3) is 5.91 Å². The maximum Gasteiger partial charge on any atom is 0.252 e. The van der Waals surface area contributed by atoms with E-state index in [0.717, 1.165) is 22.6 Å². The fourth-order valence-corrected chi connectivity index (χ4v) is 4.01. The standard InChI is InChI=1S/C18H17N3OS/c1-13-14(16-7-2-3-9-20-16)5-4-6-15(13)17(22)21-18(11-19)8-10-23-12-18/h2-7,9H,8,10,12H2,1H3,(H,21,22). The number of rotatable bonds is 3. The molecule has 1 aromatic carbocycles. The normalized spacial score (nSPS) is 20.0. The molecular weight excluding hydrogens is 306 g/mol. The highest BCUT2D eigenvalue weighted by Gasteiger charge is 2.36. The maximum absolute atomic E-state index is 12.7. The van der Waals surface area contributed by atoms with Crippen LogP contribution in [0.25, 0.3) is 11.3 Å². The molecule has 0 aliphatic carbocycles. The van der Waals surface area contributed by atoms with Gasteiger partial charge in [0.05, 0.1) is 11.8 Å². The van der Waals surface area contributed by atoms with Crippen molar-refractivity contribution < 1.29 is 4.79 Å². The molecule has 116 valence electrons. The van der Waals surface area contributed by atoms with E-state index < -0.39 is 5.54 Å². The minimum atomic E-state index is -0.741. The number of carbonyl (C=O) groups is 1. The molecule has 1 amide bonds. The van der Waals surface area contributed by atoms with Crippen LogP contribution in [0, 0.1) is 18.3 Å². The number of nitriles is 1. The third kappa shape index (κ3) is 3.08. The number of pyridine rings is 1. The van der Waals surface area contributed by atoms with Crippen LogP contribution in [0.2, 0.25) is 0 Å². The lowest BCUT2D eigenvalue weighted by atomic mass is 9.96. The van der Waals surface area contributed by atoms with Gasteiger partial charge in [0, 0.05) is 23.1 Å². The maximum atomic E-state index is 12.7. The van der Waals surface area contributed by atoms with Gasteiger partial charge in [0.2, 0.25) is 0 Å². The van der Waals surface area contributed by atoms with Crippen LogP contribution in [-0.4, -0.2) is 27.9 Å². The Morgan fingerprint density at radius 2 is 2.22 bits per heavy atom. The number of benzene rings is 1. The van der Waals surface area contributed by atoms with Gasteiger partial charge in [-0.1, -0.05) is 18.2 Å². The third-order valence-corrected chi connectivity index (χ3v) is 5.30. The molecule has 0 saturated carbocycles. The Balaban J connectivity index is 1.92. The van der Waals surface area contributed by atoms with E-state index in [1.165, 1.54) is 0 Å². The van der Waals surface area contributed by atoms with E-state index >= 15 is 0 Å². The zero-order valence-corrected chi connectivity index (χ0v) is 13.7. The Morgan fingerprint density at radius 1 is 1.35 bits per heavy atom. The van der Waals surface area contributed by atoms with E-state index in [2.05, 4.69) is 16.4 Å². The van der Waals surface area contributed by atoms with Crippen molar-refractivity contribution in [3.05, 3.63) is 53.7 Å². The fraction of sp³-hybridized carbons (Fsp3) is 0.278. The summed E-state index contributed by atoms with van der Waals surface area (Å²) in [4.78, 5) is 17.0. The van der Waals surface area contributed by atoms with Crippen molar-refractivity contribution in [1.82, 2.24) is 10.3 Å². The number of thioether (sulfide) groups is 1. The summed E-state index contributed by atoms with van der Waals surface area (Å²) in [6, 6.07) is 13.6. The summed E-state index contributed by atoms with van der Waals surface area (Å²) < 4.78 is 0. The van der Waals surface area contributed by atoms with E-state index in [-0.39, 0.29) is 5.91 Å². The summed E-state index contributed by atoms with van der Waals surface area (Å²) in [7, 11) is 0. The van der Waals surface area contributed by atoms with Gasteiger partial charge in [-0.15, -0.1) is 0 Å². The van der Waals surface area contributed by atoms with Crippen LogP contribution >= 0.6 is 11.8 Å². The van der Waals surface area contributed by atoms with Crippen LogP contribution in [-0.2, 0) is 0 Å². The first-order valence-corrected chi connectivity index (χ1v) is 8.63. The molecule has 1 aliphatic heterocycles. The topological polar surface area (TPSA) is 65.8 Å². The lowest BCUT2D eigenvalue weighted by Gasteiger charge is -2.22. The summed E-state index contributed by atoms with van der Waals surface area (Å²) >= 11 is 1.70. The van der Waals surface area contributed by atoms with Crippen LogP contribution in [0.15, 0.2) is 42.6 Å². The van der Waals surface area contributed by atoms with E-state index in [1.807, 2.05) is 37.3 Å². The van der Waals surface area contributed by atoms with Crippen molar-refractivity contribution in [2.45, 2.75) is 18.9 Å². The Bertz CT molecular complexity index is 762. The van der Waals surface area contributed by atoms with E-state index in [0.29, 0.717) is 17.7 Å². The lowest BCUT2D eigenvalue weighted by molar-refractivity contribution is 0.0925. The van der Waals surface area contributed by atoms with Gasteiger partial charge in [-0.3, -0.25) is 9.78 Å². The van der Waals surface area contributed by atoms with Gasteiger partial charge in [-0.05, 0) is 42.9 Å². The molecule has 0 spiro atoms. The molecule has 3 rings (SSSR count). The summed E-state index contributed by atoms with van der Waals surface area (Å²) in [5, 5.41) is 12.4. The predicted molar refractivity (Wildman–Crippen MR) is 92.2 cm³/mol. The minimum absolute atomic E-state index is 0.190. The van der Waals surface area contributed by atoms with Crippen molar-refractivity contribution in [2.75, 3.05) is 11.5 Å². The molecule has 1 atom stereocenters. The first kappa shape index (κ1) is 15.6. The van der Waals surface area contributed by atoms with Crippen LogP contribution in [0.3, 0.4) is 0 Å². The number of hydrogen-bond donors (Lipinski definition) is 1. The monoisotopic (exact) mass is 323 g/mol. The molecule has 1 unspecified atom stereocenters. The number of amides is 1. The molecule has 0 bridgehead atoms. The second kappa shape index (κ2) is 6.43. The molecule has 1 saturated heterocycles. The Morgan fingerprint density at radius 3 is 2.87 bits per heavy atom. The highest BCUT2D eigenvalue weighted by Crippen LogP contribution is 2.29. The largest absolute Gasteiger partial charge is 0.333 e. The van der Waals surface area contributed by atoms with Crippen LogP contribution in [0.5, 0.6) is 0 Å². The SMILES string of the molecule is Cc1c(C(=O)NC2(C#N)CCSC2)cccc1-c1ccccn1. The summed E-state index contributed by atoms with van der Waals surface area (Å²) in [5.41, 5.74) is 2.51. The van der Waals surface area contributed by atoms with E-state index in [9.17, 15) is 10.1 Å². The van der Waals surface area contributed by atoms with Crippen molar-refractivity contribution >= 4 is 17.7 Å². The fourth-order valence-electron chi connectivity index (χ4n) is 2.75. The first-order valence-electron chi connectivity index (χ1n) is 7.48. The second-order valence-corrected chi connectivity index (χ2v) is 6.75. The Kier molecular flexibility index (Phi) is 4.35. The van der Waals surface area contributed by atoms with E-state index in [4.69, 9.17) is 0 Å². The van der Waals surface area contributed by atoms with Crippen LogP contribution < -0.4 is 5.32 Å². The van der Waals surface area contributed by atoms with Crippen LogP contribution in [0.1, 0.15) is 22.3 Å². The quantitative estimate of drug-likeness (QED) is 0.942. The van der Waals surface area contributed by atoms with Crippen LogP contribution in [0.4, 0.5) is 0 Å². The second-order valence-electron chi connectivity index (χ2n) is 5.64. The Labute approximate surface area is 139 Å².